The molecule has 0 bridgehead atoms. The van der Waals surface area contributed by atoms with Crippen LogP contribution in [0, 0.1) is 5.92 Å². The highest BCUT2D eigenvalue weighted by Crippen LogP contribution is 2.44. The Morgan fingerprint density at radius 1 is 1.47 bits per heavy atom. The SMILES string of the molecule is COc1ccc(C(=O)N2CC(O)(C3CC3)C2)c(N)c1. The molecule has 1 saturated carbocycles. The molecule has 1 aromatic carbocycles. The minimum absolute atomic E-state index is 0.120. The van der Waals surface area contributed by atoms with Gasteiger partial charge in [0.1, 0.15) is 11.4 Å². The summed E-state index contributed by atoms with van der Waals surface area (Å²) in [6.07, 6.45) is 2.15. The predicted molar refractivity (Wildman–Crippen MR) is 71.0 cm³/mol. The van der Waals surface area contributed by atoms with Gasteiger partial charge in [-0.15, -0.1) is 0 Å². The van der Waals surface area contributed by atoms with Crippen LogP contribution in [-0.2, 0) is 0 Å². The van der Waals surface area contributed by atoms with E-state index in [9.17, 15) is 9.90 Å². The molecule has 0 radical (unpaired) electrons. The molecule has 19 heavy (non-hydrogen) atoms. The Bertz CT molecular complexity index is 519. The predicted octanol–water partition coefficient (Wildman–Crippen LogP) is 0.874. The number of carbonyl (C=O) groups excluding carboxylic acids is 1. The molecule has 1 heterocycles. The van der Waals surface area contributed by atoms with Crippen LogP contribution < -0.4 is 10.5 Å². The number of ether oxygens (including phenoxy) is 1. The number of nitrogens with zero attached hydrogens (tertiary/aromatic N) is 1. The van der Waals surface area contributed by atoms with E-state index in [0.29, 0.717) is 36.0 Å². The lowest BCUT2D eigenvalue weighted by atomic mass is 9.88. The molecule has 0 spiro atoms. The molecule has 3 rings (SSSR count). The first-order chi connectivity index (χ1) is 9.03. The Morgan fingerprint density at radius 2 is 2.16 bits per heavy atom. The number of carbonyl (C=O) groups is 1. The minimum atomic E-state index is -0.656. The normalized spacial score (nSPS) is 20.8. The third-order valence-corrected chi connectivity index (χ3v) is 4.04. The Labute approximate surface area is 112 Å². The van der Waals surface area contributed by atoms with Gasteiger partial charge in [0, 0.05) is 11.8 Å². The summed E-state index contributed by atoms with van der Waals surface area (Å²) in [5, 5.41) is 10.2. The van der Waals surface area contributed by atoms with Gasteiger partial charge in [-0.1, -0.05) is 0 Å². The van der Waals surface area contributed by atoms with Crippen molar-refractivity contribution < 1.29 is 14.6 Å². The number of hydrogen-bond donors (Lipinski definition) is 2. The average molecular weight is 262 g/mol. The van der Waals surface area contributed by atoms with Gasteiger partial charge in [-0.05, 0) is 30.9 Å². The summed E-state index contributed by atoms with van der Waals surface area (Å²) < 4.78 is 5.06. The van der Waals surface area contributed by atoms with Crippen LogP contribution in [-0.4, -0.2) is 41.7 Å². The summed E-state index contributed by atoms with van der Waals surface area (Å²) >= 11 is 0. The van der Waals surface area contributed by atoms with E-state index in [2.05, 4.69) is 0 Å². The maximum atomic E-state index is 12.3. The fraction of sp³-hybridized carbons (Fsp3) is 0.500. The molecule has 0 atom stereocenters. The molecule has 1 aliphatic heterocycles. The Balaban J connectivity index is 1.71. The van der Waals surface area contributed by atoms with Crippen LogP contribution in [0.3, 0.4) is 0 Å². The van der Waals surface area contributed by atoms with Crippen molar-refractivity contribution in [2.45, 2.75) is 18.4 Å². The van der Waals surface area contributed by atoms with Crippen molar-refractivity contribution in [2.24, 2.45) is 5.92 Å². The Morgan fingerprint density at radius 3 is 2.68 bits per heavy atom. The van der Waals surface area contributed by atoms with E-state index in [4.69, 9.17) is 10.5 Å². The number of aliphatic hydroxyl groups is 1. The number of nitrogens with two attached hydrogens (primary N) is 1. The number of rotatable bonds is 3. The summed E-state index contributed by atoms with van der Waals surface area (Å²) in [4.78, 5) is 13.9. The number of β-amino-alcohol motifs (C(OH)–C–C–N with tert-alkyl or cyclic N) is 1. The van der Waals surface area contributed by atoms with Crippen molar-refractivity contribution in [3.05, 3.63) is 23.8 Å². The molecule has 0 unspecified atom stereocenters. The van der Waals surface area contributed by atoms with Crippen LogP contribution in [0.2, 0.25) is 0 Å². The first-order valence-corrected chi connectivity index (χ1v) is 6.49. The Kier molecular flexibility index (Phi) is 2.67. The third kappa shape index (κ3) is 2.04. The second-order valence-corrected chi connectivity index (χ2v) is 5.49. The molecule has 0 aromatic heterocycles. The van der Waals surface area contributed by atoms with E-state index in [1.54, 1.807) is 30.2 Å². The van der Waals surface area contributed by atoms with Crippen molar-refractivity contribution in [3.63, 3.8) is 0 Å². The highest BCUT2D eigenvalue weighted by Gasteiger charge is 2.53. The van der Waals surface area contributed by atoms with E-state index in [0.717, 1.165) is 12.8 Å². The van der Waals surface area contributed by atoms with Gasteiger partial charge in [-0.2, -0.15) is 0 Å². The molecule has 1 amide bonds. The van der Waals surface area contributed by atoms with Gasteiger partial charge in [0.05, 0.1) is 25.8 Å². The Hall–Kier alpha value is -1.75. The first-order valence-electron chi connectivity index (χ1n) is 6.49. The minimum Gasteiger partial charge on any atom is -0.497 e. The zero-order chi connectivity index (χ0) is 13.6. The molecule has 5 heteroatoms. The van der Waals surface area contributed by atoms with Crippen LogP contribution >= 0.6 is 0 Å². The summed E-state index contributed by atoms with van der Waals surface area (Å²) in [5.74, 6) is 0.891. The van der Waals surface area contributed by atoms with E-state index in [-0.39, 0.29) is 5.91 Å². The monoisotopic (exact) mass is 262 g/mol. The number of amides is 1. The fourth-order valence-electron chi connectivity index (χ4n) is 2.67. The largest absolute Gasteiger partial charge is 0.497 e. The second kappa shape index (κ2) is 4.13. The van der Waals surface area contributed by atoms with E-state index < -0.39 is 5.60 Å². The first kappa shape index (κ1) is 12.3. The van der Waals surface area contributed by atoms with Crippen LogP contribution in [0.4, 0.5) is 5.69 Å². The molecular formula is C14H18N2O3. The van der Waals surface area contributed by atoms with Gasteiger partial charge >= 0.3 is 0 Å². The topological polar surface area (TPSA) is 75.8 Å². The van der Waals surface area contributed by atoms with Crippen molar-refractivity contribution in [3.8, 4) is 5.75 Å². The number of likely N-dealkylation sites (tertiary alicyclic amines) is 1. The number of anilines is 1. The molecule has 2 fully saturated rings. The second-order valence-electron chi connectivity index (χ2n) is 5.49. The smallest absolute Gasteiger partial charge is 0.256 e. The number of hydrogen-bond acceptors (Lipinski definition) is 4. The molecule has 1 saturated heterocycles. The van der Waals surface area contributed by atoms with Crippen LogP contribution in [0.1, 0.15) is 23.2 Å². The van der Waals surface area contributed by atoms with E-state index in [1.165, 1.54) is 0 Å². The molecule has 1 aromatic rings. The number of benzene rings is 1. The number of methoxy groups -OCH3 is 1. The summed E-state index contributed by atoms with van der Waals surface area (Å²) in [7, 11) is 1.56. The molecule has 5 nitrogen and oxygen atoms in total. The maximum Gasteiger partial charge on any atom is 0.256 e. The average Bonchev–Trinajstić information content (AvgIpc) is 3.18. The van der Waals surface area contributed by atoms with Crippen molar-refractivity contribution in [2.75, 3.05) is 25.9 Å². The van der Waals surface area contributed by atoms with Gasteiger partial charge in [-0.3, -0.25) is 4.79 Å². The maximum absolute atomic E-state index is 12.3. The van der Waals surface area contributed by atoms with E-state index >= 15 is 0 Å². The lowest BCUT2D eigenvalue weighted by Crippen LogP contribution is -2.64. The van der Waals surface area contributed by atoms with Gasteiger partial charge in [0.2, 0.25) is 0 Å². The number of nitrogen functional groups attached to an aromatic ring is 1. The van der Waals surface area contributed by atoms with E-state index in [1.807, 2.05) is 0 Å². The molecule has 3 N–H and O–H groups in total. The molecule has 102 valence electrons. The van der Waals surface area contributed by atoms with Crippen LogP contribution in [0.25, 0.3) is 0 Å². The highest BCUT2D eigenvalue weighted by atomic mass is 16.5. The highest BCUT2D eigenvalue weighted by molar-refractivity contribution is 6.00. The molecule has 2 aliphatic rings. The van der Waals surface area contributed by atoms with Gasteiger partial charge < -0.3 is 20.5 Å². The zero-order valence-corrected chi connectivity index (χ0v) is 10.9. The zero-order valence-electron chi connectivity index (χ0n) is 10.9. The van der Waals surface area contributed by atoms with Crippen molar-refractivity contribution in [1.82, 2.24) is 4.90 Å². The van der Waals surface area contributed by atoms with Crippen LogP contribution in [0.15, 0.2) is 18.2 Å². The quantitative estimate of drug-likeness (QED) is 0.793. The fourth-order valence-corrected chi connectivity index (χ4v) is 2.67. The van der Waals surface area contributed by atoms with Gasteiger partial charge in [0.15, 0.2) is 0 Å². The standard InChI is InChI=1S/C14H18N2O3/c1-19-10-4-5-11(12(15)6-10)13(17)16-7-14(18,8-16)9-2-3-9/h4-6,9,18H,2-3,7-8,15H2,1H3. The molecule has 1 aliphatic carbocycles. The summed E-state index contributed by atoms with van der Waals surface area (Å²) in [5.41, 5.74) is 6.09. The summed E-state index contributed by atoms with van der Waals surface area (Å²) in [6, 6.07) is 5.03. The van der Waals surface area contributed by atoms with Gasteiger partial charge in [-0.25, -0.2) is 0 Å². The van der Waals surface area contributed by atoms with Crippen molar-refractivity contribution in [1.29, 1.82) is 0 Å². The lowest BCUT2D eigenvalue weighted by Gasteiger charge is -2.47. The third-order valence-electron chi connectivity index (χ3n) is 4.04. The van der Waals surface area contributed by atoms with Crippen molar-refractivity contribution >= 4 is 11.6 Å². The summed E-state index contributed by atoms with van der Waals surface area (Å²) in [6.45, 7) is 0.837. The molecular weight excluding hydrogens is 244 g/mol. The van der Waals surface area contributed by atoms with Crippen LogP contribution in [0.5, 0.6) is 5.75 Å². The van der Waals surface area contributed by atoms with Gasteiger partial charge in [0.25, 0.3) is 5.91 Å². The lowest BCUT2D eigenvalue weighted by molar-refractivity contribution is -0.0957.